The maximum Gasteiger partial charge on any atom is -0.0146 e. The first kappa shape index (κ1) is 29.3. The molecule has 1 rings (SSSR count). The maximum absolute atomic E-state index is 3.56. The molecule has 1 aromatic carbocycles. The smallest absolute Gasteiger partial charge is 0.0146 e. The normalized spacial score (nSPS) is 11.3. The van der Waals surface area contributed by atoms with E-state index < -0.39 is 0 Å². The number of rotatable bonds is 24. The second-order valence-corrected chi connectivity index (χ2v) is 10.2. The van der Waals surface area contributed by atoms with Gasteiger partial charge in [-0.1, -0.05) is 160 Å². The summed E-state index contributed by atoms with van der Waals surface area (Å²) in [5.74, 6) is 0. The molecule has 0 aliphatic heterocycles. The second-order valence-electron chi connectivity index (χ2n) is 10.2. The molecule has 0 aliphatic rings. The van der Waals surface area contributed by atoms with Gasteiger partial charge in [-0.2, -0.15) is 0 Å². The largest absolute Gasteiger partial charge is 0.0654 e. The topological polar surface area (TPSA) is 0 Å². The molecule has 0 saturated heterocycles. The first-order valence-corrected chi connectivity index (χ1v) is 14.9. The lowest BCUT2D eigenvalue weighted by Gasteiger charge is -2.09. The van der Waals surface area contributed by atoms with Gasteiger partial charge in [0.2, 0.25) is 0 Å². The Balaban J connectivity index is 1.99. The maximum atomic E-state index is 3.56. The first-order valence-electron chi connectivity index (χ1n) is 14.9. The van der Waals surface area contributed by atoms with E-state index in [1.54, 1.807) is 5.56 Å². The zero-order valence-electron chi connectivity index (χ0n) is 22.2. The van der Waals surface area contributed by atoms with Crippen molar-refractivity contribution in [2.24, 2.45) is 0 Å². The van der Waals surface area contributed by atoms with Crippen molar-refractivity contribution in [3.8, 4) is 0 Å². The van der Waals surface area contributed by atoms with Crippen molar-refractivity contribution in [1.29, 1.82) is 0 Å². The highest BCUT2D eigenvalue weighted by atomic mass is 14.1. The van der Waals surface area contributed by atoms with Gasteiger partial charge in [0.15, 0.2) is 0 Å². The van der Waals surface area contributed by atoms with Gasteiger partial charge in [-0.25, -0.2) is 0 Å². The summed E-state index contributed by atoms with van der Waals surface area (Å²) in [5.41, 5.74) is 3.09. The van der Waals surface area contributed by atoms with Crippen LogP contribution in [0.2, 0.25) is 0 Å². The summed E-state index contributed by atoms with van der Waals surface area (Å²) in [7, 11) is 0. The molecule has 0 amide bonds. The molecule has 0 fully saturated rings. The Kier molecular flexibility index (Phi) is 21.4. The molecule has 0 spiro atoms. The van der Waals surface area contributed by atoms with Crippen molar-refractivity contribution in [2.45, 2.75) is 168 Å². The van der Waals surface area contributed by atoms with Crippen LogP contribution in [0.5, 0.6) is 0 Å². The molecule has 32 heavy (non-hydrogen) atoms. The van der Waals surface area contributed by atoms with Gasteiger partial charge in [0.05, 0.1) is 0 Å². The lowest BCUT2D eigenvalue weighted by molar-refractivity contribution is 0.547. The minimum absolute atomic E-state index is 1.24. The average Bonchev–Trinajstić information content (AvgIpc) is 2.81. The van der Waals surface area contributed by atoms with Gasteiger partial charge >= 0.3 is 0 Å². The van der Waals surface area contributed by atoms with Crippen molar-refractivity contribution in [3.05, 3.63) is 35.4 Å². The first-order chi connectivity index (χ1) is 15.9. The highest BCUT2D eigenvalue weighted by molar-refractivity contribution is 5.26. The van der Waals surface area contributed by atoms with E-state index in [9.17, 15) is 0 Å². The van der Waals surface area contributed by atoms with E-state index in [1.807, 2.05) is 0 Å². The monoisotopic (exact) mass is 441 g/mol. The third kappa shape index (κ3) is 17.7. The summed E-state index contributed by atoms with van der Waals surface area (Å²) >= 11 is 0. The molecule has 0 aromatic heterocycles. The van der Waals surface area contributed by atoms with Gasteiger partial charge in [-0.3, -0.25) is 0 Å². The fourth-order valence-corrected chi connectivity index (χ4v) is 4.92. The fraction of sp³-hybridized carbons (Fsp3) is 0.812. The molecule has 0 heterocycles. The second kappa shape index (κ2) is 23.4. The quantitative estimate of drug-likeness (QED) is 0.140. The van der Waals surface area contributed by atoms with Crippen LogP contribution < -0.4 is 0 Å². The van der Waals surface area contributed by atoms with E-state index in [0.717, 1.165) is 0 Å². The van der Waals surface area contributed by atoms with Gasteiger partial charge < -0.3 is 0 Å². The van der Waals surface area contributed by atoms with Crippen molar-refractivity contribution in [3.63, 3.8) is 0 Å². The van der Waals surface area contributed by atoms with Crippen molar-refractivity contribution in [1.82, 2.24) is 0 Å². The Bertz CT molecular complexity index is 444. The van der Waals surface area contributed by atoms with Crippen LogP contribution in [0.4, 0.5) is 0 Å². The molecule has 0 nitrogen and oxygen atoms in total. The summed E-state index contributed by atoms with van der Waals surface area (Å²) < 4.78 is 0. The molecule has 1 aromatic rings. The van der Waals surface area contributed by atoms with Crippen molar-refractivity contribution >= 4 is 0 Å². The van der Waals surface area contributed by atoms with Gasteiger partial charge in [0, 0.05) is 0 Å². The minimum Gasteiger partial charge on any atom is -0.0654 e. The minimum atomic E-state index is 1.24. The zero-order valence-corrected chi connectivity index (χ0v) is 22.2. The molecule has 0 bridgehead atoms. The van der Waals surface area contributed by atoms with Crippen LogP contribution in [0, 0.1) is 6.07 Å². The van der Waals surface area contributed by atoms with Crippen LogP contribution >= 0.6 is 0 Å². The molecule has 0 aliphatic carbocycles. The molecular weight excluding hydrogens is 384 g/mol. The summed E-state index contributed by atoms with van der Waals surface area (Å²) in [5, 5.41) is 0. The van der Waals surface area contributed by atoms with Crippen LogP contribution in [0.3, 0.4) is 0 Å². The van der Waals surface area contributed by atoms with Crippen LogP contribution in [0.1, 0.15) is 166 Å². The van der Waals surface area contributed by atoms with E-state index in [2.05, 4.69) is 38.1 Å². The number of benzene rings is 1. The van der Waals surface area contributed by atoms with Gasteiger partial charge in [-0.15, -0.1) is 0 Å². The van der Waals surface area contributed by atoms with Crippen molar-refractivity contribution in [2.75, 3.05) is 0 Å². The van der Waals surface area contributed by atoms with Crippen molar-refractivity contribution < 1.29 is 0 Å². The van der Waals surface area contributed by atoms with Crippen LogP contribution in [0.25, 0.3) is 0 Å². The van der Waals surface area contributed by atoms with Gasteiger partial charge in [0.25, 0.3) is 0 Å². The molecule has 0 N–H and O–H groups in total. The highest BCUT2D eigenvalue weighted by Crippen LogP contribution is 2.18. The molecule has 0 saturated carbocycles. The SMILES string of the molecule is CCCCCCCCCCCCCc1[c]cccc1CCCCCCCCCCCCC. The molecule has 0 atom stereocenters. The summed E-state index contributed by atoms with van der Waals surface area (Å²) in [6, 6.07) is 10.2. The predicted octanol–water partition coefficient (Wildman–Crippen LogP) is 11.2. The Morgan fingerprint density at radius 1 is 0.469 bits per heavy atom. The zero-order chi connectivity index (χ0) is 23.0. The van der Waals surface area contributed by atoms with Crippen LogP contribution in [-0.2, 0) is 12.8 Å². The molecule has 1 radical (unpaired) electrons. The van der Waals surface area contributed by atoms with Gasteiger partial charge in [0.1, 0.15) is 0 Å². The number of hydrogen-bond donors (Lipinski definition) is 0. The van der Waals surface area contributed by atoms with Gasteiger partial charge in [-0.05, 0) is 42.9 Å². The third-order valence-electron chi connectivity index (χ3n) is 7.12. The van der Waals surface area contributed by atoms with E-state index in [4.69, 9.17) is 0 Å². The summed E-state index contributed by atoms with van der Waals surface area (Å²) in [6.45, 7) is 4.60. The Labute approximate surface area is 203 Å². The lowest BCUT2D eigenvalue weighted by Crippen LogP contribution is -1.96. The molecule has 0 unspecified atom stereocenters. The van der Waals surface area contributed by atoms with E-state index in [0.29, 0.717) is 0 Å². The number of aryl methyl sites for hydroxylation is 2. The average molecular weight is 442 g/mol. The standard InChI is InChI=1S/C32H57/c1-3-5-7-9-11-13-15-17-19-21-23-27-31-29-25-26-30-32(31)28-24-22-20-18-16-14-12-10-8-6-4-2/h25-26,29H,3-24,27-28H2,1-2H3. The van der Waals surface area contributed by atoms with E-state index >= 15 is 0 Å². The number of hydrogen-bond acceptors (Lipinski definition) is 0. The Morgan fingerprint density at radius 2 is 0.844 bits per heavy atom. The van der Waals surface area contributed by atoms with Crippen LogP contribution in [-0.4, -0.2) is 0 Å². The highest BCUT2D eigenvalue weighted by Gasteiger charge is 2.03. The molecule has 185 valence electrons. The Hall–Kier alpha value is -0.780. The fourth-order valence-electron chi connectivity index (χ4n) is 4.92. The van der Waals surface area contributed by atoms with E-state index in [-0.39, 0.29) is 0 Å². The number of unbranched alkanes of at least 4 members (excludes halogenated alkanes) is 20. The summed E-state index contributed by atoms with van der Waals surface area (Å²) in [6.07, 6.45) is 33.9. The summed E-state index contributed by atoms with van der Waals surface area (Å²) in [4.78, 5) is 0. The van der Waals surface area contributed by atoms with Crippen LogP contribution in [0.15, 0.2) is 18.2 Å². The Morgan fingerprint density at radius 3 is 1.28 bits per heavy atom. The third-order valence-corrected chi connectivity index (χ3v) is 7.12. The molecule has 0 heteroatoms. The molecular formula is C32H57. The van der Waals surface area contributed by atoms with E-state index in [1.165, 1.54) is 160 Å². The predicted molar refractivity (Wildman–Crippen MR) is 146 cm³/mol. The lowest BCUT2D eigenvalue weighted by atomic mass is 9.96.